The predicted molar refractivity (Wildman–Crippen MR) is 88.9 cm³/mol. The van der Waals surface area contributed by atoms with Gasteiger partial charge in [-0.3, -0.25) is 14.8 Å². The fraction of sp³-hybridized carbons (Fsp3) is 0.389. The highest BCUT2D eigenvalue weighted by molar-refractivity contribution is 5.98. The van der Waals surface area contributed by atoms with Gasteiger partial charge in [0.2, 0.25) is 0 Å². The third-order valence-corrected chi connectivity index (χ3v) is 4.45. The lowest BCUT2D eigenvalue weighted by Crippen LogP contribution is -2.30. The summed E-state index contributed by atoms with van der Waals surface area (Å²) in [6, 6.07) is 5.53. The number of rotatable bonds is 4. The first-order valence-electron chi connectivity index (χ1n) is 7.96. The van der Waals surface area contributed by atoms with Gasteiger partial charge in [0.25, 0.3) is 5.91 Å². The lowest BCUT2D eigenvalue weighted by atomic mass is 10.0. The molecule has 6 heteroatoms. The number of methoxy groups -OCH3 is 1. The molecule has 0 bridgehead atoms. The van der Waals surface area contributed by atoms with E-state index in [9.17, 15) is 9.90 Å². The number of carbonyl (C=O) groups is 1. The molecule has 0 unspecified atom stereocenters. The van der Waals surface area contributed by atoms with Crippen LogP contribution in [0.1, 0.15) is 21.6 Å². The Balaban J connectivity index is 1.76. The van der Waals surface area contributed by atoms with E-state index in [0.717, 1.165) is 11.3 Å². The number of aryl methyl sites for hydroxylation is 1. The van der Waals surface area contributed by atoms with Crippen molar-refractivity contribution in [1.29, 1.82) is 0 Å². The minimum Gasteiger partial charge on any atom is -0.496 e. The number of hydrogen-bond donors (Lipinski definition) is 1. The van der Waals surface area contributed by atoms with Gasteiger partial charge < -0.3 is 14.7 Å². The molecule has 0 spiro atoms. The van der Waals surface area contributed by atoms with Crippen molar-refractivity contribution in [2.75, 3.05) is 20.2 Å². The maximum atomic E-state index is 12.9. The summed E-state index contributed by atoms with van der Waals surface area (Å²) in [6.45, 7) is 2.70. The van der Waals surface area contributed by atoms with E-state index >= 15 is 0 Å². The molecule has 3 rings (SSSR count). The summed E-state index contributed by atoms with van der Waals surface area (Å²) in [6.07, 6.45) is 4.99. The van der Waals surface area contributed by atoms with Crippen molar-refractivity contribution in [2.24, 2.45) is 5.92 Å². The molecule has 0 saturated carbocycles. The molecule has 24 heavy (non-hydrogen) atoms. The summed E-state index contributed by atoms with van der Waals surface area (Å²) in [5.74, 6) is 0.415. The maximum Gasteiger partial charge on any atom is 0.257 e. The standard InChI is InChI=1S/C18H21N3O3/c1-12-4-3-5-16(24-2)17(12)18(23)21-10-13(15(22)11-21)8-14-9-19-6-7-20-14/h3-7,9,13,15,22H,8,10-11H2,1-2H3/t13-,15-/m1/s1. The highest BCUT2D eigenvalue weighted by atomic mass is 16.5. The minimum atomic E-state index is -0.564. The van der Waals surface area contributed by atoms with Crippen LogP contribution in [0.5, 0.6) is 5.75 Å². The van der Waals surface area contributed by atoms with E-state index in [-0.39, 0.29) is 11.8 Å². The number of amides is 1. The third kappa shape index (κ3) is 3.23. The molecule has 1 aliphatic heterocycles. The molecule has 1 aliphatic rings. The van der Waals surface area contributed by atoms with Gasteiger partial charge >= 0.3 is 0 Å². The van der Waals surface area contributed by atoms with Crippen LogP contribution in [0.15, 0.2) is 36.8 Å². The van der Waals surface area contributed by atoms with Crippen molar-refractivity contribution >= 4 is 5.91 Å². The van der Waals surface area contributed by atoms with Gasteiger partial charge in [0.05, 0.1) is 24.5 Å². The number of benzene rings is 1. The summed E-state index contributed by atoms with van der Waals surface area (Å²) in [5, 5.41) is 10.3. The maximum absolute atomic E-state index is 12.9. The second kappa shape index (κ2) is 6.97. The summed E-state index contributed by atoms with van der Waals surface area (Å²) in [7, 11) is 1.56. The number of carbonyl (C=O) groups excluding carboxylic acids is 1. The van der Waals surface area contributed by atoms with Gasteiger partial charge in [-0.1, -0.05) is 12.1 Å². The number of ether oxygens (including phenoxy) is 1. The number of aliphatic hydroxyl groups excluding tert-OH is 1. The van der Waals surface area contributed by atoms with Crippen molar-refractivity contribution < 1.29 is 14.6 Å². The second-order valence-electron chi connectivity index (χ2n) is 6.09. The highest BCUT2D eigenvalue weighted by Crippen LogP contribution is 2.27. The van der Waals surface area contributed by atoms with Crippen molar-refractivity contribution in [3.63, 3.8) is 0 Å². The average Bonchev–Trinajstić information content (AvgIpc) is 2.95. The Morgan fingerprint density at radius 2 is 2.21 bits per heavy atom. The molecular weight excluding hydrogens is 306 g/mol. The summed E-state index contributed by atoms with van der Waals surface area (Å²) in [5.41, 5.74) is 2.25. The van der Waals surface area contributed by atoms with Crippen molar-refractivity contribution in [3.05, 3.63) is 53.6 Å². The zero-order valence-electron chi connectivity index (χ0n) is 13.8. The summed E-state index contributed by atoms with van der Waals surface area (Å²) < 4.78 is 5.33. The molecule has 0 radical (unpaired) electrons. The van der Waals surface area contributed by atoms with Gasteiger partial charge in [-0.25, -0.2) is 0 Å². The first-order valence-corrected chi connectivity index (χ1v) is 7.96. The monoisotopic (exact) mass is 327 g/mol. The molecule has 0 aliphatic carbocycles. The topological polar surface area (TPSA) is 75.5 Å². The number of aromatic nitrogens is 2. The summed E-state index contributed by atoms with van der Waals surface area (Å²) in [4.78, 5) is 22.9. The smallest absolute Gasteiger partial charge is 0.257 e. The van der Waals surface area contributed by atoms with Crippen molar-refractivity contribution in [3.8, 4) is 5.75 Å². The highest BCUT2D eigenvalue weighted by Gasteiger charge is 2.35. The first-order chi connectivity index (χ1) is 11.6. The molecule has 1 amide bonds. The Kier molecular flexibility index (Phi) is 4.76. The van der Waals surface area contributed by atoms with Gasteiger partial charge in [0, 0.05) is 37.6 Å². The predicted octanol–water partition coefficient (Wildman–Crippen LogP) is 1.47. The van der Waals surface area contributed by atoms with E-state index in [1.165, 1.54) is 0 Å². The van der Waals surface area contributed by atoms with Gasteiger partial charge in [0.15, 0.2) is 0 Å². The Labute approximate surface area is 141 Å². The van der Waals surface area contributed by atoms with Gasteiger partial charge in [-0.15, -0.1) is 0 Å². The zero-order valence-corrected chi connectivity index (χ0v) is 13.8. The molecule has 2 aromatic rings. The molecule has 1 fully saturated rings. The first kappa shape index (κ1) is 16.4. The fourth-order valence-corrected chi connectivity index (χ4v) is 3.17. The number of hydrogen-bond acceptors (Lipinski definition) is 5. The van der Waals surface area contributed by atoms with Crippen LogP contribution >= 0.6 is 0 Å². The van der Waals surface area contributed by atoms with Crippen LogP contribution in [0, 0.1) is 12.8 Å². The Bertz CT molecular complexity index is 721. The fourth-order valence-electron chi connectivity index (χ4n) is 3.17. The van der Waals surface area contributed by atoms with Gasteiger partial charge in [0.1, 0.15) is 5.75 Å². The van der Waals surface area contributed by atoms with Crippen LogP contribution in [0.25, 0.3) is 0 Å². The lowest BCUT2D eigenvalue weighted by molar-refractivity contribution is 0.0760. The van der Waals surface area contributed by atoms with E-state index in [1.54, 1.807) is 36.7 Å². The number of aliphatic hydroxyl groups is 1. The normalized spacial score (nSPS) is 20.2. The van der Waals surface area contributed by atoms with Crippen LogP contribution in [0.4, 0.5) is 0 Å². The van der Waals surface area contributed by atoms with Crippen LogP contribution in [0.3, 0.4) is 0 Å². The van der Waals surface area contributed by atoms with Crippen molar-refractivity contribution in [2.45, 2.75) is 19.4 Å². The van der Waals surface area contributed by atoms with Crippen LogP contribution in [0.2, 0.25) is 0 Å². The molecule has 6 nitrogen and oxygen atoms in total. The quantitative estimate of drug-likeness (QED) is 0.920. The van der Waals surface area contributed by atoms with Crippen LogP contribution < -0.4 is 4.74 Å². The number of β-amino-alcohol motifs (C(OH)–C–C–N with tert-alkyl or cyclic N) is 1. The Morgan fingerprint density at radius 3 is 2.92 bits per heavy atom. The molecule has 1 aromatic heterocycles. The lowest BCUT2D eigenvalue weighted by Gasteiger charge is -2.19. The molecule has 126 valence electrons. The van der Waals surface area contributed by atoms with E-state index in [1.807, 2.05) is 19.1 Å². The second-order valence-corrected chi connectivity index (χ2v) is 6.09. The van der Waals surface area contributed by atoms with Crippen LogP contribution in [-0.4, -0.2) is 52.2 Å². The van der Waals surface area contributed by atoms with Gasteiger partial charge in [-0.2, -0.15) is 0 Å². The minimum absolute atomic E-state index is 0.0411. The van der Waals surface area contributed by atoms with E-state index in [4.69, 9.17) is 4.74 Å². The number of likely N-dealkylation sites (tertiary alicyclic amines) is 1. The van der Waals surface area contributed by atoms with Crippen molar-refractivity contribution in [1.82, 2.24) is 14.9 Å². The van der Waals surface area contributed by atoms with Crippen LogP contribution in [-0.2, 0) is 6.42 Å². The molecule has 1 aromatic carbocycles. The number of nitrogens with zero attached hydrogens (tertiary/aromatic N) is 3. The third-order valence-electron chi connectivity index (χ3n) is 4.45. The molecular formula is C18H21N3O3. The van der Waals surface area contributed by atoms with E-state index in [0.29, 0.717) is 30.8 Å². The van der Waals surface area contributed by atoms with E-state index < -0.39 is 6.10 Å². The van der Waals surface area contributed by atoms with E-state index in [2.05, 4.69) is 9.97 Å². The zero-order chi connectivity index (χ0) is 17.1. The SMILES string of the molecule is COc1cccc(C)c1C(=O)N1C[C@@H](Cc2cnccn2)[C@H](O)C1. The molecule has 1 N–H and O–H groups in total. The largest absolute Gasteiger partial charge is 0.496 e. The summed E-state index contributed by atoms with van der Waals surface area (Å²) >= 11 is 0. The average molecular weight is 327 g/mol. The Hall–Kier alpha value is -2.47. The molecule has 2 heterocycles. The Morgan fingerprint density at radius 1 is 1.38 bits per heavy atom. The molecule has 2 atom stereocenters. The van der Waals surface area contributed by atoms with Gasteiger partial charge in [-0.05, 0) is 25.0 Å². The molecule has 1 saturated heterocycles.